The Morgan fingerprint density at radius 2 is 2.07 bits per heavy atom. The molecule has 7 nitrogen and oxygen atoms in total. The summed E-state index contributed by atoms with van der Waals surface area (Å²) >= 11 is 0. The van der Waals surface area contributed by atoms with Crippen LogP contribution in [0, 0.1) is 5.92 Å². The highest BCUT2D eigenvalue weighted by atomic mass is 16.6. The molecule has 0 spiro atoms. The van der Waals surface area contributed by atoms with Crippen LogP contribution in [0.25, 0.3) is 0 Å². The van der Waals surface area contributed by atoms with Crippen LogP contribution in [-0.2, 0) is 16.1 Å². The van der Waals surface area contributed by atoms with Gasteiger partial charge >= 0.3 is 0 Å². The summed E-state index contributed by atoms with van der Waals surface area (Å²) < 4.78 is 2.12. The number of imidazole rings is 1. The largest absolute Gasteiger partial charge is 0.393 e. The molecular weight excluding hydrogens is 380 g/mol. The van der Waals surface area contributed by atoms with Crippen molar-refractivity contribution in [3.05, 3.63) is 54.6 Å². The molecule has 1 aromatic heterocycles. The minimum atomic E-state index is -0.415. The Morgan fingerprint density at radius 3 is 2.73 bits per heavy atom. The van der Waals surface area contributed by atoms with Crippen molar-refractivity contribution >= 4 is 11.6 Å². The first-order valence-corrected chi connectivity index (χ1v) is 10.8. The first-order chi connectivity index (χ1) is 14.7. The number of nitrogens with one attached hydrogen (secondary N) is 1. The van der Waals surface area contributed by atoms with Crippen LogP contribution in [0.2, 0.25) is 0 Å². The summed E-state index contributed by atoms with van der Waals surface area (Å²) in [5.41, 5.74) is 3.95. The third-order valence-electron chi connectivity index (χ3n) is 5.76. The number of carbonyl (C=O) groups is 1. The molecule has 162 valence electrons. The Balaban J connectivity index is 1.82. The summed E-state index contributed by atoms with van der Waals surface area (Å²) in [6.07, 6.45) is 12.8. The number of carbonyl (C=O) groups excluding carboxylic acids is 1. The van der Waals surface area contributed by atoms with Crippen molar-refractivity contribution in [2.24, 2.45) is 11.1 Å². The molecule has 0 aliphatic heterocycles. The van der Waals surface area contributed by atoms with Gasteiger partial charge in [-0.1, -0.05) is 54.8 Å². The Labute approximate surface area is 178 Å². The summed E-state index contributed by atoms with van der Waals surface area (Å²) in [5, 5.41) is 13.4. The van der Waals surface area contributed by atoms with E-state index in [-0.39, 0.29) is 18.6 Å². The lowest BCUT2D eigenvalue weighted by molar-refractivity contribution is -0.129. The molecule has 0 saturated heterocycles. The van der Waals surface area contributed by atoms with Crippen LogP contribution in [0.1, 0.15) is 63.5 Å². The molecular formula is C23H32N4O3. The number of rotatable bonds is 10. The Bertz CT molecular complexity index is 786. The summed E-state index contributed by atoms with van der Waals surface area (Å²) in [7, 11) is 0. The van der Waals surface area contributed by atoms with Crippen molar-refractivity contribution in [3.8, 4) is 0 Å². The molecule has 2 atom stereocenters. The number of hydrogen-bond donors (Lipinski definition) is 2. The van der Waals surface area contributed by atoms with Gasteiger partial charge < -0.3 is 9.40 Å². The van der Waals surface area contributed by atoms with Crippen molar-refractivity contribution in [2.45, 2.75) is 70.4 Å². The Hall–Kier alpha value is -2.67. The van der Waals surface area contributed by atoms with Gasteiger partial charge in [0.15, 0.2) is 0 Å². The molecule has 2 aromatic rings. The fourth-order valence-electron chi connectivity index (χ4n) is 4.05. The predicted molar refractivity (Wildman–Crippen MR) is 115 cm³/mol. The van der Waals surface area contributed by atoms with E-state index in [2.05, 4.69) is 39.0 Å². The highest BCUT2D eigenvalue weighted by Gasteiger charge is 2.29. The SMILES string of the molecule is CC(CCC(=O)NO)O/N=C(\C1CCCCC1)C(Cc1ccccc1)n1ccnc1. The molecule has 1 fully saturated rings. The predicted octanol–water partition coefficient (Wildman–Crippen LogP) is 4.29. The summed E-state index contributed by atoms with van der Waals surface area (Å²) in [6.45, 7) is 1.90. The average molecular weight is 413 g/mol. The fourth-order valence-corrected chi connectivity index (χ4v) is 4.05. The first kappa shape index (κ1) is 22.0. The molecule has 3 rings (SSSR count). The molecule has 30 heavy (non-hydrogen) atoms. The van der Waals surface area contributed by atoms with Gasteiger partial charge in [0, 0.05) is 24.7 Å². The molecule has 1 saturated carbocycles. The highest BCUT2D eigenvalue weighted by molar-refractivity contribution is 5.90. The van der Waals surface area contributed by atoms with Gasteiger partial charge in [0.25, 0.3) is 0 Å². The van der Waals surface area contributed by atoms with Crippen LogP contribution in [0.15, 0.2) is 54.2 Å². The van der Waals surface area contributed by atoms with Gasteiger partial charge in [0.2, 0.25) is 5.91 Å². The number of hydrogen-bond acceptors (Lipinski definition) is 5. The number of amides is 1. The van der Waals surface area contributed by atoms with Crippen molar-refractivity contribution in [3.63, 3.8) is 0 Å². The molecule has 1 amide bonds. The molecule has 1 aliphatic rings. The second kappa shape index (κ2) is 11.5. The van der Waals surface area contributed by atoms with Gasteiger partial charge in [-0.2, -0.15) is 0 Å². The van der Waals surface area contributed by atoms with Crippen molar-refractivity contribution in [1.82, 2.24) is 15.0 Å². The van der Waals surface area contributed by atoms with E-state index in [1.807, 2.05) is 25.5 Å². The molecule has 1 heterocycles. The van der Waals surface area contributed by atoms with Crippen LogP contribution in [0.4, 0.5) is 0 Å². The summed E-state index contributed by atoms with van der Waals surface area (Å²) in [4.78, 5) is 21.4. The Morgan fingerprint density at radius 1 is 1.30 bits per heavy atom. The number of benzene rings is 1. The summed E-state index contributed by atoms with van der Waals surface area (Å²) in [6, 6.07) is 10.5. The monoisotopic (exact) mass is 412 g/mol. The lowest BCUT2D eigenvalue weighted by Gasteiger charge is -2.29. The molecule has 2 unspecified atom stereocenters. The quantitative estimate of drug-likeness (QED) is 0.346. The lowest BCUT2D eigenvalue weighted by Crippen LogP contribution is -2.30. The van der Waals surface area contributed by atoms with Gasteiger partial charge in [-0.25, -0.2) is 10.5 Å². The van der Waals surface area contributed by atoms with Crippen LogP contribution in [0.5, 0.6) is 0 Å². The van der Waals surface area contributed by atoms with Gasteiger partial charge in [-0.15, -0.1) is 0 Å². The zero-order valence-corrected chi connectivity index (χ0v) is 17.6. The van der Waals surface area contributed by atoms with Crippen molar-refractivity contribution in [2.75, 3.05) is 0 Å². The van der Waals surface area contributed by atoms with Gasteiger partial charge in [0.05, 0.1) is 18.1 Å². The molecule has 0 radical (unpaired) electrons. The molecule has 0 bridgehead atoms. The van der Waals surface area contributed by atoms with E-state index in [0.29, 0.717) is 12.3 Å². The Kier molecular flexibility index (Phi) is 8.44. The van der Waals surface area contributed by atoms with Crippen molar-refractivity contribution in [1.29, 1.82) is 0 Å². The second-order valence-corrected chi connectivity index (χ2v) is 8.06. The van der Waals surface area contributed by atoms with E-state index < -0.39 is 5.91 Å². The third-order valence-corrected chi connectivity index (χ3v) is 5.76. The van der Waals surface area contributed by atoms with Crippen LogP contribution in [-0.4, -0.2) is 32.5 Å². The fraction of sp³-hybridized carbons (Fsp3) is 0.522. The molecule has 7 heteroatoms. The van der Waals surface area contributed by atoms with Crippen molar-refractivity contribution < 1.29 is 14.8 Å². The number of aromatic nitrogens is 2. The normalized spacial score (nSPS) is 17.3. The third kappa shape index (κ3) is 6.42. The maximum atomic E-state index is 11.3. The lowest BCUT2D eigenvalue weighted by atomic mass is 9.82. The average Bonchev–Trinajstić information content (AvgIpc) is 3.33. The number of hydroxylamine groups is 1. The topological polar surface area (TPSA) is 88.7 Å². The van der Waals surface area contributed by atoms with E-state index >= 15 is 0 Å². The highest BCUT2D eigenvalue weighted by Crippen LogP contribution is 2.31. The number of nitrogens with zero attached hydrogens (tertiary/aromatic N) is 3. The van der Waals surface area contributed by atoms with E-state index in [9.17, 15) is 4.79 Å². The zero-order valence-electron chi connectivity index (χ0n) is 17.6. The molecule has 2 N–H and O–H groups in total. The first-order valence-electron chi connectivity index (χ1n) is 10.8. The van der Waals surface area contributed by atoms with Crippen LogP contribution < -0.4 is 5.48 Å². The van der Waals surface area contributed by atoms with Gasteiger partial charge in [0.1, 0.15) is 6.10 Å². The van der Waals surface area contributed by atoms with E-state index in [1.165, 1.54) is 24.8 Å². The van der Waals surface area contributed by atoms with Crippen LogP contribution >= 0.6 is 0 Å². The maximum Gasteiger partial charge on any atom is 0.243 e. The second-order valence-electron chi connectivity index (χ2n) is 8.06. The van der Waals surface area contributed by atoms with Crippen LogP contribution in [0.3, 0.4) is 0 Å². The van der Waals surface area contributed by atoms with E-state index in [0.717, 1.165) is 25.0 Å². The standard InChI is InChI=1S/C23H32N4O3/c1-18(12-13-22(28)25-29)30-26-23(20-10-6-3-7-11-20)21(27-15-14-24-17-27)16-19-8-4-2-5-9-19/h2,4-5,8-9,14-15,17-18,20-21,29H,3,6-7,10-13,16H2,1H3,(H,25,28)/b26-23+. The molecule has 1 aliphatic carbocycles. The van der Waals surface area contributed by atoms with Gasteiger partial charge in [-0.3, -0.25) is 10.0 Å². The van der Waals surface area contributed by atoms with E-state index in [1.54, 1.807) is 11.7 Å². The summed E-state index contributed by atoms with van der Waals surface area (Å²) in [5.74, 6) is -0.0369. The molecule has 1 aromatic carbocycles. The minimum absolute atomic E-state index is 0.0333. The van der Waals surface area contributed by atoms with E-state index in [4.69, 9.17) is 10.0 Å². The maximum absolute atomic E-state index is 11.3. The minimum Gasteiger partial charge on any atom is -0.393 e. The smallest absolute Gasteiger partial charge is 0.243 e. The van der Waals surface area contributed by atoms with Gasteiger partial charge in [-0.05, 0) is 38.2 Å². The zero-order chi connectivity index (χ0) is 21.2. The number of oxime groups is 1.